The fourth-order valence-corrected chi connectivity index (χ4v) is 1.65. The van der Waals surface area contributed by atoms with E-state index in [9.17, 15) is 10.2 Å². The van der Waals surface area contributed by atoms with Crippen LogP contribution in [0.2, 0.25) is 19.6 Å². The fourth-order valence-electron chi connectivity index (χ4n) is 1.08. The number of hydrogen-bond acceptors (Lipinski definition) is 2. The van der Waals surface area contributed by atoms with E-state index in [1.165, 1.54) is 0 Å². The number of para-hydroxylation sites is 1. The normalized spacial score (nSPS) is 12.8. The summed E-state index contributed by atoms with van der Waals surface area (Å²) in [5, 5.41) is 19.2. The number of aromatic hydroxyl groups is 1. The van der Waals surface area contributed by atoms with Gasteiger partial charge < -0.3 is 10.2 Å². The van der Waals surface area contributed by atoms with Gasteiger partial charge in [0.25, 0.3) is 0 Å². The summed E-state index contributed by atoms with van der Waals surface area (Å²) >= 11 is 0. The average Bonchev–Trinajstić information content (AvgIpc) is 2.14. The van der Waals surface area contributed by atoms with Crippen LogP contribution >= 0.6 is 0 Å². The van der Waals surface area contributed by atoms with Crippen LogP contribution in [0.5, 0.6) is 5.75 Å². The van der Waals surface area contributed by atoms with Gasteiger partial charge in [-0.1, -0.05) is 43.8 Å². The van der Waals surface area contributed by atoms with E-state index >= 15 is 0 Å². The van der Waals surface area contributed by atoms with Crippen LogP contribution in [0, 0.1) is 11.5 Å². The van der Waals surface area contributed by atoms with E-state index in [4.69, 9.17) is 0 Å². The molecule has 0 fully saturated rings. The monoisotopic (exact) mass is 220 g/mol. The summed E-state index contributed by atoms with van der Waals surface area (Å²) in [6.45, 7) is 6.33. The topological polar surface area (TPSA) is 40.5 Å². The summed E-state index contributed by atoms with van der Waals surface area (Å²) in [7, 11) is -1.47. The fraction of sp³-hybridized carbons (Fsp3) is 0.333. The van der Waals surface area contributed by atoms with E-state index in [-0.39, 0.29) is 5.75 Å². The number of hydrogen-bond donors (Lipinski definition) is 2. The van der Waals surface area contributed by atoms with E-state index in [0.717, 1.165) is 0 Å². The number of aliphatic hydroxyl groups is 1. The Bertz CT molecular complexity index is 396. The minimum Gasteiger partial charge on any atom is -0.508 e. The van der Waals surface area contributed by atoms with Crippen LogP contribution in [0.25, 0.3) is 0 Å². The standard InChI is InChI=1S/C12H16O2Si/c1-15(2,3)9-8-12(14)10-6-4-5-7-11(10)13/h4-7,12-14H,1-3H3. The molecular weight excluding hydrogens is 204 g/mol. The highest BCUT2D eigenvalue weighted by Gasteiger charge is 2.11. The third-order valence-corrected chi connectivity index (χ3v) is 2.71. The predicted molar refractivity (Wildman–Crippen MR) is 64.2 cm³/mol. The molecule has 1 atom stereocenters. The molecule has 0 heterocycles. The molecule has 15 heavy (non-hydrogen) atoms. The molecule has 0 aromatic heterocycles. The van der Waals surface area contributed by atoms with E-state index in [1.807, 2.05) is 0 Å². The van der Waals surface area contributed by atoms with Crippen molar-refractivity contribution in [2.24, 2.45) is 0 Å². The van der Waals surface area contributed by atoms with Crippen molar-refractivity contribution in [3.8, 4) is 17.2 Å². The third kappa shape index (κ3) is 3.78. The van der Waals surface area contributed by atoms with E-state index < -0.39 is 14.2 Å². The van der Waals surface area contributed by atoms with Gasteiger partial charge in [0.2, 0.25) is 0 Å². The van der Waals surface area contributed by atoms with Gasteiger partial charge in [-0.2, -0.15) is 0 Å². The maximum Gasteiger partial charge on any atom is 0.143 e. The summed E-state index contributed by atoms with van der Waals surface area (Å²) in [6.07, 6.45) is -0.891. The van der Waals surface area contributed by atoms with Crippen molar-refractivity contribution in [2.75, 3.05) is 0 Å². The van der Waals surface area contributed by atoms with E-state index in [2.05, 4.69) is 31.1 Å². The van der Waals surface area contributed by atoms with Crippen molar-refractivity contribution >= 4 is 8.07 Å². The first-order valence-corrected chi connectivity index (χ1v) is 8.39. The second-order valence-electron chi connectivity index (χ2n) is 4.48. The second-order valence-corrected chi connectivity index (χ2v) is 9.23. The smallest absolute Gasteiger partial charge is 0.143 e. The van der Waals surface area contributed by atoms with Gasteiger partial charge in [-0.3, -0.25) is 0 Å². The molecule has 1 unspecified atom stereocenters. The van der Waals surface area contributed by atoms with Crippen molar-refractivity contribution in [1.82, 2.24) is 0 Å². The highest BCUT2D eigenvalue weighted by atomic mass is 28.3. The Kier molecular flexibility index (Phi) is 3.56. The molecule has 0 aliphatic heterocycles. The Morgan fingerprint density at radius 3 is 2.33 bits per heavy atom. The van der Waals surface area contributed by atoms with Gasteiger partial charge in [0.1, 0.15) is 19.9 Å². The first kappa shape index (κ1) is 11.8. The Balaban J connectivity index is 2.90. The van der Waals surface area contributed by atoms with Gasteiger partial charge in [0.05, 0.1) is 0 Å². The molecule has 0 saturated heterocycles. The molecule has 0 aliphatic carbocycles. The molecule has 0 aliphatic rings. The van der Waals surface area contributed by atoms with Crippen molar-refractivity contribution in [3.05, 3.63) is 29.8 Å². The lowest BCUT2D eigenvalue weighted by molar-refractivity contribution is 0.233. The zero-order chi connectivity index (χ0) is 11.5. The molecule has 0 radical (unpaired) electrons. The highest BCUT2D eigenvalue weighted by Crippen LogP contribution is 2.22. The highest BCUT2D eigenvalue weighted by molar-refractivity contribution is 6.83. The number of aliphatic hydroxyl groups excluding tert-OH is 1. The molecular formula is C12H16O2Si. The molecule has 2 N–H and O–H groups in total. The van der Waals surface area contributed by atoms with E-state index in [0.29, 0.717) is 5.56 Å². The zero-order valence-electron chi connectivity index (χ0n) is 9.28. The Labute approximate surface area is 91.6 Å². The minimum atomic E-state index is -1.47. The van der Waals surface area contributed by atoms with Crippen LogP contribution in [0.15, 0.2) is 24.3 Å². The molecule has 0 saturated carbocycles. The van der Waals surface area contributed by atoms with Crippen molar-refractivity contribution < 1.29 is 10.2 Å². The van der Waals surface area contributed by atoms with Crippen LogP contribution in [-0.4, -0.2) is 18.3 Å². The van der Waals surface area contributed by atoms with Gasteiger partial charge in [0, 0.05) is 5.56 Å². The molecule has 0 amide bonds. The summed E-state index contributed by atoms with van der Waals surface area (Å²) in [4.78, 5) is 0. The first-order chi connectivity index (χ1) is 6.90. The zero-order valence-corrected chi connectivity index (χ0v) is 10.3. The summed E-state index contributed by atoms with van der Waals surface area (Å²) in [5.41, 5.74) is 3.55. The number of phenols is 1. The lowest BCUT2D eigenvalue weighted by Crippen LogP contribution is -2.16. The maximum absolute atomic E-state index is 9.75. The maximum atomic E-state index is 9.75. The lowest BCUT2D eigenvalue weighted by Gasteiger charge is -2.08. The number of benzene rings is 1. The predicted octanol–water partition coefficient (Wildman–Crippen LogP) is 2.31. The Hall–Kier alpha value is -1.24. The van der Waals surface area contributed by atoms with Crippen molar-refractivity contribution in [1.29, 1.82) is 0 Å². The van der Waals surface area contributed by atoms with Gasteiger partial charge in [0.15, 0.2) is 0 Å². The first-order valence-electron chi connectivity index (χ1n) is 4.89. The third-order valence-electron chi connectivity index (χ3n) is 1.82. The molecule has 0 bridgehead atoms. The Morgan fingerprint density at radius 1 is 1.20 bits per heavy atom. The van der Waals surface area contributed by atoms with Gasteiger partial charge in [-0.25, -0.2) is 0 Å². The lowest BCUT2D eigenvalue weighted by atomic mass is 10.1. The molecule has 0 spiro atoms. The van der Waals surface area contributed by atoms with Crippen LogP contribution < -0.4 is 0 Å². The summed E-state index contributed by atoms with van der Waals surface area (Å²) in [5.74, 6) is 2.88. The van der Waals surface area contributed by atoms with Crippen LogP contribution in [0.1, 0.15) is 11.7 Å². The molecule has 3 heteroatoms. The molecule has 2 nitrogen and oxygen atoms in total. The van der Waals surface area contributed by atoms with Gasteiger partial charge >= 0.3 is 0 Å². The summed E-state index contributed by atoms with van der Waals surface area (Å²) in [6, 6.07) is 6.72. The van der Waals surface area contributed by atoms with Gasteiger partial charge in [-0.05, 0) is 6.07 Å². The largest absolute Gasteiger partial charge is 0.508 e. The number of phenolic OH excluding ortho intramolecular Hbond substituents is 1. The molecule has 80 valence electrons. The molecule has 1 aromatic rings. The molecule has 1 rings (SSSR count). The second kappa shape index (κ2) is 4.52. The average molecular weight is 220 g/mol. The van der Waals surface area contributed by atoms with Crippen molar-refractivity contribution in [2.45, 2.75) is 25.7 Å². The van der Waals surface area contributed by atoms with Crippen molar-refractivity contribution in [3.63, 3.8) is 0 Å². The number of rotatable bonds is 1. The van der Waals surface area contributed by atoms with Crippen LogP contribution in [0.3, 0.4) is 0 Å². The quantitative estimate of drug-likeness (QED) is 0.563. The van der Waals surface area contributed by atoms with Crippen LogP contribution in [-0.2, 0) is 0 Å². The Morgan fingerprint density at radius 2 is 1.80 bits per heavy atom. The SMILES string of the molecule is C[Si](C)(C)C#CC(O)c1ccccc1O. The minimum absolute atomic E-state index is 0.0925. The van der Waals surface area contributed by atoms with E-state index in [1.54, 1.807) is 24.3 Å². The molecule has 1 aromatic carbocycles. The summed E-state index contributed by atoms with van der Waals surface area (Å²) < 4.78 is 0. The van der Waals surface area contributed by atoms with Gasteiger partial charge in [-0.15, -0.1) is 5.54 Å². The van der Waals surface area contributed by atoms with Crippen LogP contribution in [0.4, 0.5) is 0 Å².